The van der Waals surface area contributed by atoms with Gasteiger partial charge in [0.2, 0.25) is 0 Å². The minimum Gasteiger partial charge on any atom is -0.311 e. The van der Waals surface area contributed by atoms with E-state index in [1.54, 1.807) is 0 Å². The van der Waals surface area contributed by atoms with Crippen molar-refractivity contribution in [2.75, 3.05) is 26.3 Å². The number of hydrogen-bond donors (Lipinski definition) is 1. The molecular weight excluding hydrogens is 167 g/mol. The van der Waals surface area contributed by atoms with Crippen LogP contribution in [0.3, 0.4) is 0 Å². The van der Waals surface area contributed by atoms with Crippen LogP contribution in [0.25, 0.3) is 0 Å². The van der Waals surface area contributed by atoms with Gasteiger partial charge in [-0.25, -0.2) is 4.39 Å². The zero-order chi connectivity index (χ0) is 9.84. The molecule has 2 atom stereocenters. The predicted molar refractivity (Wildman–Crippen MR) is 53.6 cm³/mol. The standard InChI is InChI=1S/C10H21FN2/c1-8(2)10-7-13(5-4-11)9(3)6-12-10/h8-10,12H,4-7H2,1-3H3. The lowest BCUT2D eigenvalue weighted by atomic mass is 10.00. The molecular formula is C10H21FN2. The van der Waals surface area contributed by atoms with Crippen LogP contribution in [0.15, 0.2) is 0 Å². The fourth-order valence-electron chi connectivity index (χ4n) is 1.81. The van der Waals surface area contributed by atoms with Crippen molar-refractivity contribution in [3.63, 3.8) is 0 Å². The monoisotopic (exact) mass is 188 g/mol. The summed E-state index contributed by atoms with van der Waals surface area (Å²) in [5.74, 6) is 0.634. The number of nitrogens with one attached hydrogen (secondary N) is 1. The summed E-state index contributed by atoms with van der Waals surface area (Å²) in [6, 6.07) is 1.01. The SMILES string of the molecule is CC(C)C1CN(CCF)C(C)CN1. The number of piperazine rings is 1. The van der Waals surface area contributed by atoms with E-state index in [1.165, 1.54) is 0 Å². The molecule has 1 fully saturated rings. The molecule has 0 radical (unpaired) electrons. The van der Waals surface area contributed by atoms with Gasteiger partial charge in [0.05, 0.1) is 0 Å². The van der Waals surface area contributed by atoms with Gasteiger partial charge in [0.15, 0.2) is 0 Å². The van der Waals surface area contributed by atoms with Gasteiger partial charge in [0, 0.05) is 31.7 Å². The Morgan fingerprint density at radius 2 is 2.23 bits per heavy atom. The van der Waals surface area contributed by atoms with Gasteiger partial charge in [-0.05, 0) is 12.8 Å². The van der Waals surface area contributed by atoms with Gasteiger partial charge in [-0.1, -0.05) is 13.8 Å². The largest absolute Gasteiger partial charge is 0.311 e. The summed E-state index contributed by atoms with van der Waals surface area (Å²) in [6.07, 6.45) is 0. The van der Waals surface area contributed by atoms with Crippen LogP contribution in [0, 0.1) is 5.92 Å². The van der Waals surface area contributed by atoms with E-state index in [4.69, 9.17) is 0 Å². The quantitative estimate of drug-likeness (QED) is 0.717. The molecule has 0 aromatic carbocycles. The summed E-state index contributed by atoms with van der Waals surface area (Å²) in [7, 11) is 0. The average Bonchev–Trinajstić information content (AvgIpc) is 2.08. The minimum absolute atomic E-state index is 0.227. The maximum absolute atomic E-state index is 12.2. The highest BCUT2D eigenvalue weighted by molar-refractivity contribution is 4.85. The Morgan fingerprint density at radius 3 is 2.77 bits per heavy atom. The molecule has 0 bridgehead atoms. The first kappa shape index (κ1) is 10.9. The molecule has 0 spiro atoms. The maximum atomic E-state index is 12.2. The summed E-state index contributed by atoms with van der Waals surface area (Å²) in [4.78, 5) is 2.24. The molecule has 2 nitrogen and oxygen atoms in total. The van der Waals surface area contributed by atoms with Gasteiger partial charge in [0.1, 0.15) is 6.67 Å². The highest BCUT2D eigenvalue weighted by Gasteiger charge is 2.25. The van der Waals surface area contributed by atoms with E-state index in [1.807, 2.05) is 0 Å². The van der Waals surface area contributed by atoms with Crippen LogP contribution >= 0.6 is 0 Å². The fourth-order valence-corrected chi connectivity index (χ4v) is 1.81. The molecule has 78 valence electrons. The molecule has 13 heavy (non-hydrogen) atoms. The van der Waals surface area contributed by atoms with Crippen molar-refractivity contribution in [3.05, 3.63) is 0 Å². The number of nitrogens with zero attached hydrogens (tertiary/aromatic N) is 1. The van der Waals surface area contributed by atoms with E-state index in [0.717, 1.165) is 13.1 Å². The van der Waals surface area contributed by atoms with Crippen LogP contribution in [0.2, 0.25) is 0 Å². The van der Waals surface area contributed by atoms with Crippen LogP contribution in [0.5, 0.6) is 0 Å². The van der Waals surface area contributed by atoms with Gasteiger partial charge in [0.25, 0.3) is 0 Å². The summed E-state index contributed by atoms with van der Waals surface area (Å²) >= 11 is 0. The number of alkyl halides is 1. The van der Waals surface area contributed by atoms with Crippen molar-refractivity contribution in [1.29, 1.82) is 0 Å². The van der Waals surface area contributed by atoms with Crippen LogP contribution in [-0.4, -0.2) is 43.3 Å². The second kappa shape index (κ2) is 4.91. The molecule has 1 rings (SSSR count). The number of hydrogen-bond acceptors (Lipinski definition) is 2. The lowest BCUT2D eigenvalue weighted by Gasteiger charge is -2.39. The molecule has 1 heterocycles. The van der Waals surface area contributed by atoms with E-state index in [-0.39, 0.29) is 6.67 Å². The second-order valence-electron chi connectivity index (χ2n) is 4.29. The van der Waals surface area contributed by atoms with Crippen molar-refractivity contribution < 1.29 is 4.39 Å². The maximum Gasteiger partial charge on any atom is 0.102 e. The third-order valence-electron chi connectivity index (χ3n) is 2.91. The smallest absolute Gasteiger partial charge is 0.102 e. The molecule has 0 aromatic heterocycles. The third-order valence-corrected chi connectivity index (χ3v) is 2.91. The molecule has 0 aromatic rings. The molecule has 1 aliphatic heterocycles. The Hall–Kier alpha value is -0.150. The first-order valence-electron chi connectivity index (χ1n) is 5.18. The third kappa shape index (κ3) is 2.92. The molecule has 3 heteroatoms. The van der Waals surface area contributed by atoms with Crippen molar-refractivity contribution in [2.45, 2.75) is 32.9 Å². The molecule has 0 amide bonds. The van der Waals surface area contributed by atoms with E-state index in [2.05, 4.69) is 31.0 Å². The minimum atomic E-state index is -0.227. The fraction of sp³-hybridized carbons (Fsp3) is 1.00. The normalized spacial score (nSPS) is 31.2. The first-order valence-corrected chi connectivity index (χ1v) is 5.18. The van der Waals surface area contributed by atoms with E-state index in [9.17, 15) is 4.39 Å². The Labute approximate surface area is 80.5 Å². The van der Waals surface area contributed by atoms with Crippen molar-refractivity contribution >= 4 is 0 Å². The topological polar surface area (TPSA) is 15.3 Å². The Bertz CT molecular complexity index is 150. The van der Waals surface area contributed by atoms with Crippen LogP contribution in [0.1, 0.15) is 20.8 Å². The summed E-state index contributed by atoms with van der Waals surface area (Å²) in [5, 5.41) is 3.49. The molecule has 1 aliphatic rings. The summed E-state index contributed by atoms with van der Waals surface area (Å²) in [5.41, 5.74) is 0. The van der Waals surface area contributed by atoms with Crippen molar-refractivity contribution in [3.8, 4) is 0 Å². The van der Waals surface area contributed by atoms with Crippen molar-refractivity contribution in [2.24, 2.45) is 5.92 Å². The summed E-state index contributed by atoms with van der Waals surface area (Å²) in [6.45, 7) is 8.91. The van der Waals surface area contributed by atoms with Crippen molar-refractivity contribution in [1.82, 2.24) is 10.2 Å². The van der Waals surface area contributed by atoms with E-state index < -0.39 is 0 Å². The van der Waals surface area contributed by atoms with Crippen LogP contribution < -0.4 is 5.32 Å². The molecule has 0 saturated carbocycles. The number of halogens is 1. The summed E-state index contributed by atoms with van der Waals surface area (Å²) < 4.78 is 12.2. The van der Waals surface area contributed by atoms with Crippen LogP contribution in [0.4, 0.5) is 4.39 Å². The Morgan fingerprint density at radius 1 is 1.54 bits per heavy atom. The van der Waals surface area contributed by atoms with Crippen LogP contribution in [-0.2, 0) is 0 Å². The molecule has 1 N–H and O–H groups in total. The number of rotatable bonds is 3. The van der Waals surface area contributed by atoms with Gasteiger partial charge in [-0.3, -0.25) is 4.90 Å². The van der Waals surface area contributed by atoms with Gasteiger partial charge in [-0.2, -0.15) is 0 Å². The second-order valence-corrected chi connectivity index (χ2v) is 4.29. The van der Waals surface area contributed by atoms with Gasteiger partial charge < -0.3 is 5.32 Å². The zero-order valence-corrected chi connectivity index (χ0v) is 8.89. The highest BCUT2D eigenvalue weighted by Crippen LogP contribution is 2.11. The first-order chi connectivity index (χ1) is 6.15. The lowest BCUT2D eigenvalue weighted by molar-refractivity contribution is 0.115. The molecule has 0 aliphatic carbocycles. The lowest BCUT2D eigenvalue weighted by Crippen LogP contribution is -2.57. The zero-order valence-electron chi connectivity index (χ0n) is 8.89. The highest BCUT2D eigenvalue weighted by atomic mass is 19.1. The van der Waals surface area contributed by atoms with Gasteiger partial charge >= 0.3 is 0 Å². The van der Waals surface area contributed by atoms with Gasteiger partial charge in [-0.15, -0.1) is 0 Å². The average molecular weight is 188 g/mol. The Balaban J connectivity index is 2.42. The molecule has 2 unspecified atom stereocenters. The Kier molecular flexibility index (Phi) is 4.13. The predicted octanol–water partition coefficient (Wildman–Crippen LogP) is 1.27. The molecule has 1 saturated heterocycles. The van der Waals surface area contributed by atoms with E-state index in [0.29, 0.717) is 24.5 Å². The van der Waals surface area contributed by atoms with E-state index >= 15 is 0 Å².